The van der Waals surface area contributed by atoms with Gasteiger partial charge in [-0.15, -0.1) is 0 Å². The van der Waals surface area contributed by atoms with E-state index in [1.54, 1.807) is 24.3 Å². The average molecular weight is 252 g/mol. The summed E-state index contributed by atoms with van der Waals surface area (Å²) in [6.45, 7) is 1.18. The number of aromatic nitrogens is 2. The van der Waals surface area contributed by atoms with Crippen LogP contribution in [0.5, 0.6) is 0 Å². The topological polar surface area (TPSA) is 89.5 Å². The van der Waals surface area contributed by atoms with E-state index in [-0.39, 0.29) is 12.6 Å². The lowest BCUT2D eigenvalue weighted by molar-refractivity contribution is -0.141. The first-order valence-electron chi connectivity index (χ1n) is 5.79. The molecule has 1 unspecified atom stereocenters. The second kappa shape index (κ2) is 5.07. The Hall–Kier alpha value is -2.05. The number of amides is 2. The fourth-order valence-corrected chi connectivity index (χ4v) is 2.05. The third-order valence-corrected chi connectivity index (χ3v) is 3.08. The maximum atomic E-state index is 12.1. The molecule has 0 spiro atoms. The smallest absolute Gasteiger partial charge is 0.320 e. The summed E-state index contributed by atoms with van der Waals surface area (Å²) >= 11 is 0. The number of carbonyl (C=O) groups excluding carboxylic acids is 1. The second-order valence-electron chi connectivity index (χ2n) is 4.44. The highest BCUT2D eigenvalue weighted by Gasteiger charge is 2.32. The second-order valence-corrected chi connectivity index (χ2v) is 4.44. The number of imidazole rings is 1. The van der Waals surface area contributed by atoms with Crippen molar-refractivity contribution in [1.29, 1.82) is 0 Å². The summed E-state index contributed by atoms with van der Waals surface area (Å²) in [4.78, 5) is 33.0. The molecule has 7 nitrogen and oxygen atoms in total. The Bertz CT molecular complexity index is 432. The van der Waals surface area contributed by atoms with Crippen LogP contribution in [-0.4, -0.2) is 57.0 Å². The number of hydrogen-bond acceptors (Lipinski definition) is 3. The molecule has 1 aliphatic rings. The van der Waals surface area contributed by atoms with Crippen molar-refractivity contribution >= 4 is 12.0 Å². The Morgan fingerprint density at radius 1 is 1.67 bits per heavy atom. The summed E-state index contributed by atoms with van der Waals surface area (Å²) in [5.41, 5.74) is 0. The molecule has 18 heavy (non-hydrogen) atoms. The lowest BCUT2D eigenvalue weighted by Crippen LogP contribution is -2.40. The van der Waals surface area contributed by atoms with Crippen LogP contribution in [0.15, 0.2) is 12.4 Å². The zero-order valence-electron chi connectivity index (χ0n) is 10.2. The number of hydrogen-bond donors (Lipinski definition) is 2. The Morgan fingerprint density at radius 2 is 2.44 bits per heavy atom. The number of carboxylic acid groups (broad SMARTS) is 1. The van der Waals surface area contributed by atoms with Gasteiger partial charge in [-0.2, -0.15) is 0 Å². The fraction of sp³-hybridized carbons (Fsp3) is 0.545. The zero-order chi connectivity index (χ0) is 13.1. The van der Waals surface area contributed by atoms with Gasteiger partial charge >= 0.3 is 12.0 Å². The van der Waals surface area contributed by atoms with Crippen LogP contribution in [0.4, 0.5) is 4.79 Å². The summed E-state index contributed by atoms with van der Waals surface area (Å²) in [6, 6.07) is -0.157. The highest BCUT2D eigenvalue weighted by atomic mass is 16.4. The number of aliphatic carboxylic acids is 1. The highest BCUT2D eigenvalue weighted by molar-refractivity contribution is 5.77. The van der Waals surface area contributed by atoms with E-state index < -0.39 is 11.9 Å². The van der Waals surface area contributed by atoms with Crippen LogP contribution >= 0.6 is 0 Å². The highest BCUT2D eigenvalue weighted by Crippen LogP contribution is 2.17. The van der Waals surface area contributed by atoms with Gasteiger partial charge in [-0.25, -0.2) is 9.78 Å². The van der Waals surface area contributed by atoms with Gasteiger partial charge in [-0.05, 0) is 6.42 Å². The Morgan fingerprint density at radius 3 is 3.00 bits per heavy atom. The first-order chi connectivity index (χ1) is 8.58. The number of nitrogens with one attached hydrogen (secondary N) is 1. The molecule has 0 aromatic carbocycles. The van der Waals surface area contributed by atoms with Crippen molar-refractivity contribution in [3.63, 3.8) is 0 Å². The number of urea groups is 1. The molecule has 2 amide bonds. The lowest BCUT2D eigenvalue weighted by atomic mass is 10.1. The molecule has 1 aromatic rings. The summed E-state index contributed by atoms with van der Waals surface area (Å²) in [7, 11) is 1.68. The van der Waals surface area contributed by atoms with Crippen molar-refractivity contribution < 1.29 is 14.7 Å². The molecule has 2 heterocycles. The van der Waals surface area contributed by atoms with Gasteiger partial charge < -0.3 is 19.9 Å². The minimum atomic E-state index is -0.834. The van der Waals surface area contributed by atoms with Gasteiger partial charge in [0, 0.05) is 32.5 Å². The van der Waals surface area contributed by atoms with Gasteiger partial charge in [0.25, 0.3) is 0 Å². The molecule has 7 heteroatoms. The van der Waals surface area contributed by atoms with Crippen molar-refractivity contribution in [2.24, 2.45) is 5.92 Å². The normalized spacial score (nSPS) is 18.9. The van der Waals surface area contributed by atoms with Crippen LogP contribution in [0.2, 0.25) is 0 Å². The molecule has 0 aliphatic carbocycles. The monoisotopic (exact) mass is 252 g/mol. The summed E-state index contributed by atoms with van der Waals surface area (Å²) < 4.78 is 0. The third kappa shape index (κ3) is 2.61. The van der Waals surface area contributed by atoms with E-state index in [0.717, 1.165) is 0 Å². The van der Waals surface area contributed by atoms with E-state index in [2.05, 4.69) is 9.97 Å². The zero-order valence-corrected chi connectivity index (χ0v) is 10.2. The van der Waals surface area contributed by atoms with Gasteiger partial charge in [0.15, 0.2) is 0 Å². The number of H-pyrrole nitrogens is 1. The van der Waals surface area contributed by atoms with Crippen LogP contribution in [0.1, 0.15) is 12.2 Å². The van der Waals surface area contributed by atoms with E-state index in [4.69, 9.17) is 5.11 Å². The third-order valence-electron chi connectivity index (χ3n) is 3.08. The molecule has 1 aromatic heterocycles. The molecule has 0 saturated carbocycles. The molecular weight excluding hydrogens is 236 g/mol. The molecule has 0 radical (unpaired) electrons. The largest absolute Gasteiger partial charge is 0.481 e. The van der Waals surface area contributed by atoms with Crippen molar-refractivity contribution in [2.75, 3.05) is 20.1 Å². The maximum absolute atomic E-state index is 12.1. The van der Waals surface area contributed by atoms with Crippen LogP contribution < -0.4 is 0 Å². The Labute approximate surface area is 104 Å². The molecule has 1 saturated heterocycles. The predicted octanol–water partition coefficient (Wildman–Crippen LogP) is 0.368. The number of carboxylic acids is 1. The minimum Gasteiger partial charge on any atom is -0.481 e. The summed E-state index contributed by atoms with van der Waals surface area (Å²) in [5, 5.41) is 8.89. The van der Waals surface area contributed by atoms with E-state index in [1.165, 1.54) is 4.90 Å². The van der Waals surface area contributed by atoms with E-state index in [9.17, 15) is 9.59 Å². The van der Waals surface area contributed by atoms with Crippen molar-refractivity contribution in [3.05, 3.63) is 18.2 Å². The maximum Gasteiger partial charge on any atom is 0.320 e. The van der Waals surface area contributed by atoms with Crippen molar-refractivity contribution in [2.45, 2.75) is 13.0 Å². The van der Waals surface area contributed by atoms with Crippen molar-refractivity contribution in [3.8, 4) is 0 Å². The molecule has 1 atom stereocenters. The molecule has 2 rings (SSSR count). The van der Waals surface area contributed by atoms with Gasteiger partial charge in [-0.1, -0.05) is 0 Å². The van der Waals surface area contributed by atoms with Crippen LogP contribution in [0.3, 0.4) is 0 Å². The minimum absolute atomic E-state index is 0.157. The summed E-state index contributed by atoms with van der Waals surface area (Å²) in [5.74, 6) is -0.565. The fourth-order valence-electron chi connectivity index (χ4n) is 2.05. The van der Waals surface area contributed by atoms with E-state index >= 15 is 0 Å². The van der Waals surface area contributed by atoms with Crippen LogP contribution in [0.25, 0.3) is 0 Å². The number of carbonyl (C=O) groups is 2. The van der Waals surface area contributed by atoms with Crippen LogP contribution in [-0.2, 0) is 11.3 Å². The van der Waals surface area contributed by atoms with Gasteiger partial charge in [0.05, 0.1) is 12.5 Å². The number of nitrogens with zero attached hydrogens (tertiary/aromatic N) is 3. The Kier molecular flexibility index (Phi) is 3.50. The number of rotatable bonds is 3. The molecule has 98 valence electrons. The average Bonchev–Trinajstić information content (AvgIpc) is 2.98. The first-order valence-corrected chi connectivity index (χ1v) is 5.79. The molecule has 2 N–H and O–H groups in total. The van der Waals surface area contributed by atoms with Gasteiger partial charge in [-0.3, -0.25) is 4.79 Å². The quantitative estimate of drug-likeness (QED) is 0.813. The van der Waals surface area contributed by atoms with E-state index in [0.29, 0.717) is 25.3 Å². The number of aromatic amines is 1. The Balaban J connectivity index is 1.90. The van der Waals surface area contributed by atoms with Gasteiger partial charge in [0.1, 0.15) is 5.82 Å². The standard InChI is InChI=1S/C11H16N4O3/c1-14(7-9-12-3-4-13-9)11(18)15-5-2-8(6-15)10(16)17/h3-4,8H,2,5-7H2,1H3,(H,12,13)(H,16,17). The first kappa shape index (κ1) is 12.4. The summed E-state index contributed by atoms with van der Waals surface area (Å²) in [6.07, 6.45) is 3.85. The molecule has 1 fully saturated rings. The SMILES string of the molecule is CN(Cc1ncc[nH]1)C(=O)N1CCC(C(=O)O)C1. The van der Waals surface area contributed by atoms with Gasteiger partial charge in [0.2, 0.25) is 0 Å². The molecular formula is C11H16N4O3. The lowest BCUT2D eigenvalue weighted by Gasteiger charge is -2.23. The van der Waals surface area contributed by atoms with Crippen molar-refractivity contribution in [1.82, 2.24) is 19.8 Å². The molecule has 0 bridgehead atoms. The predicted molar refractivity (Wildman–Crippen MR) is 62.8 cm³/mol. The van der Waals surface area contributed by atoms with Crippen LogP contribution in [0, 0.1) is 5.92 Å². The molecule has 1 aliphatic heterocycles. The van der Waals surface area contributed by atoms with E-state index in [1.807, 2.05) is 0 Å². The number of likely N-dealkylation sites (tertiary alicyclic amines) is 1.